The smallest absolute Gasteiger partial charge is 0.118 e. The van der Waals surface area contributed by atoms with Crippen LogP contribution in [0.1, 0.15) is 17.9 Å². The number of hydrogen-bond donors (Lipinski definition) is 0. The summed E-state index contributed by atoms with van der Waals surface area (Å²) in [5.41, 5.74) is 15.4. The molecule has 0 saturated heterocycles. The van der Waals surface area contributed by atoms with Gasteiger partial charge in [-0.05, 0) is 112 Å². The van der Waals surface area contributed by atoms with Crippen LogP contribution in [0.2, 0.25) is 0 Å². The van der Waals surface area contributed by atoms with Gasteiger partial charge in [-0.25, -0.2) is 0 Å². The van der Waals surface area contributed by atoms with Crippen LogP contribution in [0.25, 0.3) is 60.9 Å². The van der Waals surface area contributed by atoms with Gasteiger partial charge < -0.3 is 14.2 Å². The van der Waals surface area contributed by atoms with E-state index in [0.29, 0.717) is 5.92 Å². The lowest BCUT2D eigenvalue weighted by molar-refractivity contribution is 0.415. The van der Waals surface area contributed by atoms with E-state index in [0.717, 1.165) is 29.2 Å². The van der Waals surface area contributed by atoms with Gasteiger partial charge in [0, 0.05) is 39.4 Å². The minimum absolute atomic E-state index is 0.360. The van der Waals surface area contributed by atoms with Crippen LogP contribution in [-0.4, -0.2) is 11.7 Å². The fourth-order valence-corrected chi connectivity index (χ4v) is 8.44. The van der Waals surface area contributed by atoms with Crippen LogP contribution in [0.4, 0.5) is 11.4 Å². The molecule has 0 aliphatic heterocycles. The highest BCUT2D eigenvalue weighted by atomic mass is 16.5. The minimum Gasteiger partial charge on any atom is -0.497 e. The van der Waals surface area contributed by atoms with Gasteiger partial charge in [-0.15, -0.1) is 0 Å². The normalized spacial score (nSPS) is 13.7. The van der Waals surface area contributed by atoms with Crippen molar-refractivity contribution in [3.63, 3.8) is 0 Å². The largest absolute Gasteiger partial charge is 0.497 e. The Morgan fingerprint density at radius 3 is 1.52 bits per heavy atom. The molecule has 1 aromatic heterocycles. The lowest BCUT2D eigenvalue weighted by atomic mass is 9.91. The summed E-state index contributed by atoms with van der Waals surface area (Å²) in [6.07, 6.45) is 7.96. The van der Waals surface area contributed by atoms with Crippen LogP contribution < -0.4 is 9.64 Å². The standard InChI is InChI=1S/C55H42N2O/c1-58-51-36-28-44(29-37-51)41-20-18-40(19-21-41)43-24-32-48(33-25-43)56(47-30-22-42(23-31-47)39-10-3-2-4-11-39)49-34-26-45(27-35-49)46-12-9-13-50(38-46)57-54-16-7-5-14-52(54)53-15-6-8-17-55(53)57/h2-22,24-38,42H,23H2,1H3. The summed E-state index contributed by atoms with van der Waals surface area (Å²) in [6.45, 7) is 0. The van der Waals surface area contributed by atoms with Crippen molar-refractivity contribution in [2.45, 2.75) is 12.3 Å². The van der Waals surface area contributed by atoms with Gasteiger partial charge in [0.25, 0.3) is 0 Å². The number of anilines is 2. The third kappa shape index (κ3) is 6.67. The third-order valence-corrected chi connectivity index (χ3v) is 11.5. The zero-order chi connectivity index (χ0) is 38.8. The van der Waals surface area contributed by atoms with Gasteiger partial charge >= 0.3 is 0 Å². The zero-order valence-electron chi connectivity index (χ0n) is 32.4. The summed E-state index contributed by atoms with van der Waals surface area (Å²) >= 11 is 0. The predicted octanol–water partition coefficient (Wildman–Crippen LogP) is 14.6. The summed E-state index contributed by atoms with van der Waals surface area (Å²) in [6, 6.07) is 72.1. The number of rotatable bonds is 9. The molecule has 58 heavy (non-hydrogen) atoms. The Kier molecular flexibility index (Phi) is 9.25. The number of nitrogens with zero attached hydrogens (tertiary/aromatic N) is 2. The lowest BCUT2D eigenvalue weighted by Gasteiger charge is -2.29. The highest BCUT2D eigenvalue weighted by Crippen LogP contribution is 2.38. The average Bonchev–Trinajstić information content (AvgIpc) is 3.65. The maximum atomic E-state index is 5.35. The molecule has 8 aromatic carbocycles. The predicted molar refractivity (Wildman–Crippen MR) is 243 cm³/mol. The minimum atomic E-state index is 0.360. The fraction of sp³-hybridized carbons (Fsp3) is 0.0545. The molecule has 1 heterocycles. The van der Waals surface area contributed by atoms with Crippen LogP contribution in [0.3, 0.4) is 0 Å². The van der Waals surface area contributed by atoms with E-state index in [2.05, 4.69) is 216 Å². The maximum absolute atomic E-state index is 5.35. The first-order valence-electron chi connectivity index (χ1n) is 20.0. The number of methoxy groups -OCH3 is 1. The molecule has 3 heteroatoms. The van der Waals surface area contributed by atoms with Crippen LogP contribution in [-0.2, 0) is 0 Å². The zero-order valence-corrected chi connectivity index (χ0v) is 32.4. The summed E-state index contributed by atoms with van der Waals surface area (Å²) in [7, 11) is 1.70. The molecule has 1 aliphatic carbocycles. The van der Waals surface area contributed by atoms with E-state index in [-0.39, 0.29) is 0 Å². The van der Waals surface area contributed by atoms with Gasteiger partial charge in [-0.2, -0.15) is 0 Å². The molecule has 0 radical (unpaired) electrons. The number of aromatic nitrogens is 1. The molecule has 0 bridgehead atoms. The van der Waals surface area contributed by atoms with E-state index in [1.807, 2.05) is 12.1 Å². The molecule has 0 saturated carbocycles. The Morgan fingerprint density at radius 1 is 0.483 bits per heavy atom. The van der Waals surface area contributed by atoms with Gasteiger partial charge in [0.15, 0.2) is 0 Å². The van der Waals surface area contributed by atoms with Crippen molar-refractivity contribution in [1.82, 2.24) is 4.57 Å². The van der Waals surface area contributed by atoms with Crippen molar-refractivity contribution in [2.75, 3.05) is 12.0 Å². The molecule has 0 fully saturated rings. The monoisotopic (exact) mass is 746 g/mol. The van der Waals surface area contributed by atoms with Crippen molar-refractivity contribution < 1.29 is 4.74 Å². The Balaban J connectivity index is 0.966. The second-order valence-corrected chi connectivity index (χ2v) is 14.9. The van der Waals surface area contributed by atoms with E-state index in [9.17, 15) is 0 Å². The number of hydrogen-bond acceptors (Lipinski definition) is 2. The van der Waals surface area contributed by atoms with E-state index in [1.165, 1.54) is 66.4 Å². The fourth-order valence-electron chi connectivity index (χ4n) is 8.44. The first kappa shape index (κ1) is 35.1. The first-order valence-corrected chi connectivity index (χ1v) is 20.0. The van der Waals surface area contributed by atoms with E-state index < -0.39 is 0 Å². The summed E-state index contributed by atoms with van der Waals surface area (Å²) in [4.78, 5) is 2.38. The second kappa shape index (κ2) is 15.3. The van der Waals surface area contributed by atoms with Crippen molar-refractivity contribution in [3.05, 3.63) is 230 Å². The van der Waals surface area contributed by atoms with Gasteiger partial charge in [0.2, 0.25) is 0 Å². The molecule has 9 aromatic rings. The van der Waals surface area contributed by atoms with Crippen LogP contribution in [0.15, 0.2) is 224 Å². The number of para-hydroxylation sites is 2. The number of fused-ring (bicyclic) bond motifs is 3. The van der Waals surface area contributed by atoms with Crippen LogP contribution >= 0.6 is 0 Å². The Hall–Kier alpha value is -7.36. The molecule has 0 spiro atoms. The molecule has 1 atom stereocenters. The third-order valence-electron chi connectivity index (χ3n) is 11.5. The summed E-state index contributed by atoms with van der Waals surface area (Å²) in [5, 5.41) is 2.54. The van der Waals surface area contributed by atoms with Crippen molar-refractivity contribution >= 4 is 33.2 Å². The molecule has 3 nitrogen and oxygen atoms in total. The van der Waals surface area contributed by atoms with Crippen molar-refractivity contribution in [3.8, 4) is 44.8 Å². The molecule has 278 valence electrons. The van der Waals surface area contributed by atoms with Gasteiger partial charge in [0.1, 0.15) is 5.75 Å². The number of ether oxygens (including phenoxy) is 1. The molecule has 10 rings (SSSR count). The number of allylic oxidation sites excluding steroid dienone is 3. The van der Waals surface area contributed by atoms with Gasteiger partial charge in [-0.3, -0.25) is 0 Å². The topological polar surface area (TPSA) is 17.4 Å². The molecule has 1 aliphatic rings. The highest BCUT2D eigenvalue weighted by Gasteiger charge is 2.19. The molecular formula is C55H42N2O. The van der Waals surface area contributed by atoms with Crippen molar-refractivity contribution in [2.24, 2.45) is 0 Å². The molecule has 0 N–H and O–H groups in total. The Bertz CT molecular complexity index is 2870. The first-order chi connectivity index (χ1) is 28.7. The summed E-state index contributed by atoms with van der Waals surface area (Å²) in [5.74, 6) is 1.22. The van der Waals surface area contributed by atoms with Crippen LogP contribution in [0.5, 0.6) is 5.75 Å². The van der Waals surface area contributed by atoms with Gasteiger partial charge in [0.05, 0.1) is 18.1 Å². The average molecular weight is 747 g/mol. The van der Waals surface area contributed by atoms with Crippen molar-refractivity contribution in [1.29, 1.82) is 0 Å². The highest BCUT2D eigenvalue weighted by molar-refractivity contribution is 6.09. The molecular weight excluding hydrogens is 705 g/mol. The van der Waals surface area contributed by atoms with Crippen LogP contribution in [0, 0.1) is 0 Å². The second-order valence-electron chi connectivity index (χ2n) is 14.9. The molecule has 0 amide bonds. The lowest BCUT2D eigenvalue weighted by Crippen LogP contribution is -2.17. The summed E-state index contributed by atoms with van der Waals surface area (Å²) < 4.78 is 7.73. The van der Waals surface area contributed by atoms with E-state index in [4.69, 9.17) is 4.74 Å². The van der Waals surface area contributed by atoms with Gasteiger partial charge in [-0.1, -0.05) is 152 Å². The Morgan fingerprint density at radius 2 is 0.983 bits per heavy atom. The number of benzene rings is 8. The molecule has 1 unspecified atom stereocenters. The quantitative estimate of drug-likeness (QED) is 0.146. The SMILES string of the molecule is COc1ccc(-c2ccc(-c3ccc(N(C4=CCC(c5ccccc5)C=C4)c4ccc(-c5cccc(-n6c7ccccc7c7ccccc76)c5)cc4)cc3)cc2)cc1. The maximum Gasteiger partial charge on any atom is 0.118 e. The van der Waals surface area contributed by atoms with E-state index in [1.54, 1.807) is 7.11 Å². The van der Waals surface area contributed by atoms with E-state index >= 15 is 0 Å². The Labute approximate surface area is 340 Å².